The van der Waals surface area contributed by atoms with Crippen LogP contribution in [-0.4, -0.2) is 65.0 Å². The summed E-state index contributed by atoms with van der Waals surface area (Å²) >= 11 is 0. The minimum absolute atomic E-state index is 0.670. The van der Waals surface area contributed by atoms with E-state index in [9.17, 15) is 0 Å². The summed E-state index contributed by atoms with van der Waals surface area (Å²) in [5.41, 5.74) is 2.64. The molecule has 0 radical (unpaired) electrons. The smallest absolute Gasteiger partial charge is 0.0594 e. The Labute approximate surface area is 139 Å². The third-order valence-electron chi connectivity index (χ3n) is 5.20. The van der Waals surface area contributed by atoms with Crippen LogP contribution in [0.1, 0.15) is 30.5 Å². The zero-order chi connectivity index (χ0) is 16.1. The standard InChI is InChI=1S/C18H30N4O/c1-3-7-22-16(2)17(13-19-22)14-21-8-5-4-6-18(21)15-20-9-11-23-12-10-20/h3,13,18H,1,4-12,14-15H2,2H3/t18-/m0/s1. The maximum absolute atomic E-state index is 5.48. The quantitative estimate of drug-likeness (QED) is 0.752. The molecule has 1 atom stereocenters. The molecule has 5 nitrogen and oxygen atoms in total. The van der Waals surface area contributed by atoms with E-state index in [4.69, 9.17) is 4.74 Å². The van der Waals surface area contributed by atoms with Gasteiger partial charge in [0, 0.05) is 43.5 Å². The van der Waals surface area contributed by atoms with E-state index in [-0.39, 0.29) is 0 Å². The molecule has 2 saturated heterocycles. The number of morpholine rings is 1. The number of piperidine rings is 1. The number of allylic oxidation sites excluding steroid dienone is 1. The summed E-state index contributed by atoms with van der Waals surface area (Å²) in [7, 11) is 0. The molecule has 2 aliphatic rings. The van der Waals surface area contributed by atoms with Crippen LogP contribution in [0.2, 0.25) is 0 Å². The lowest BCUT2D eigenvalue weighted by atomic mass is 10.0. The molecule has 1 aromatic heterocycles. The first-order valence-electron chi connectivity index (χ1n) is 8.94. The van der Waals surface area contributed by atoms with Crippen LogP contribution in [0.15, 0.2) is 18.9 Å². The molecule has 128 valence electrons. The molecule has 3 heterocycles. The molecule has 0 bridgehead atoms. The molecule has 1 aromatic rings. The summed E-state index contributed by atoms with van der Waals surface area (Å²) < 4.78 is 7.52. The van der Waals surface area contributed by atoms with Gasteiger partial charge >= 0.3 is 0 Å². The highest BCUT2D eigenvalue weighted by Gasteiger charge is 2.26. The van der Waals surface area contributed by atoms with Crippen LogP contribution >= 0.6 is 0 Å². The van der Waals surface area contributed by atoms with Crippen LogP contribution in [0, 0.1) is 6.92 Å². The molecule has 2 fully saturated rings. The number of hydrogen-bond donors (Lipinski definition) is 0. The van der Waals surface area contributed by atoms with Crippen LogP contribution in [0.5, 0.6) is 0 Å². The molecule has 2 aliphatic heterocycles. The summed E-state index contributed by atoms with van der Waals surface area (Å²) in [6, 6.07) is 0.670. The highest BCUT2D eigenvalue weighted by molar-refractivity contribution is 5.16. The van der Waals surface area contributed by atoms with Crippen molar-refractivity contribution in [2.45, 2.75) is 45.3 Å². The van der Waals surface area contributed by atoms with Crippen molar-refractivity contribution in [3.63, 3.8) is 0 Å². The predicted molar refractivity (Wildman–Crippen MR) is 92.5 cm³/mol. The van der Waals surface area contributed by atoms with Gasteiger partial charge in [-0.2, -0.15) is 5.10 Å². The molecule has 0 saturated carbocycles. The van der Waals surface area contributed by atoms with Crippen LogP contribution in [0.3, 0.4) is 0 Å². The number of nitrogens with zero attached hydrogens (tertiary/aromatic N) is 4. The maximum atomic E-state index is 5.48. The van der Waals surface area contributed by atoms with Gasteiger partial charge in [0.1, 0.15) is 0 Å². The summed E-state index contributed by atoms with van der Waals surface area (Å²) in [6.07, 6.45) is 7.95. The molecule has 0 N–H and O–H groups in total. The van der Waals surface area contributed by atoms with E-state index in [1.54, 1.807) is 0 Å². The Bertz CT molecular complexity index is 507. The first-order valence-corrected chi connectivity index (χ1v) is 8.94. The van der Waals surface area contributed by atoms with Crippen molar-refractivity contribution in [3.8, 4) is 0 Å². The van der Waals surface area contributed by atoms with Crippen molar-refractivity contribution in [2.75, 3.05) is 39.4 Å². The fraction of sp³-hybridized carbons (Fsp3) is 0.722. The Hall–Kier alpha value is -1.17. The van der Waals surface area contributed by atoms with E-state index in [0.717, 1.165) is 39.4 Å². The first-order chi connectivity index (χ1) is 11.3. The number of hydrogen-bond acceptors (Lipinski definition) is 4. The van der Waals surface area contributed by atoms with Crippen LogP contribution in [0.4, 0.5) is 0 Å². The molecule has 23 heavy (non-hydrogen) atoms. The van der Waals surface area contributed by atoms with Crippen molar-refractivity contribution in [2.24, 2.45) is 0 Å². The third-order valence-corrected chi connectivity index (χ3v) is 5.20. The van der Waals surface area contributed by atoms with Gasteiger partial charge in [-0.1, -0.05) is 12.5 Å². The second-order valence-electron chi connectivity index (χ2n) is 6.76. The average molecular weight is 318 g/mol. The van der Waals surface area contributed by atoms with Crippen molar-refractivity contribution >= 4 is 0 Å². The van der Waals surface area contributed by atoms with E-state index in [1.807, 2.05) is 17.0 Å². The van der Waals surface area contributed by atoms with E-state index in [2.05, 4.69) is 28.4 Å². The molecule has 0 aromatic carbocycles. The Morgan fingerprint density at radius 2 is 2.13 bits per heavy atom. The van der Waals surface area contributed by atoms with Gasteiger partial charge in [0.2, 0.25) is 0 Å². The van der Waals surface area contributed by atoms with Gasteiger partial charge in [0.25, 0.3) is 0 Å². The largest absolute Gasteiger partial charge is 0.379 e. The molecular formula is C18H30N4O. The molecule has 5 heteroatoms. The molecule has 3 rings (SSSR count). The minimum atomic E-state index is 0.670. The van der Waals surface area contributed by atoms with Gasteiger partial charge in [-0.3, -0.25) is 14.5 Å². The van der Waals surface area contributed by atoms with E-state index in [0.29, 0.717) is 6.04 Å². The highest BCUT2D eigenvalue weighted by atomic mass is 16.5. The summed E-state index contributed by atoms with van der Waals surface area (Å²) in [5, 5.41) is 4.50. The Kier molecular flexibility index (Phi) is 5.86. The number of rotatable bonds is 6. The molecular weight excluding hydrogens is 288 g/mol. The van der Waals surface area contributed by atoms with Gasteiger partial charge < -0.3 is 4.74 Å². The zero-order valence-electron chi connectivity index (χ0n) is 14.4. The van der Waals surface area contributed by atoms with E-state index < -0.39 is 0 Å². The topological polar surface area (TPSA) is 33.5 Å². The SMILES string of the molecule is C=CCn1ncc(CN2CCCC[C@H]2CN2CCOCC2)c1C. The monoisotopic (exact) mass is 318 g/mol. The Morgan fingerprint density at radius 3 is 2.91 bits per heavy atom. The third kappa shape index (κ3) is 4.22. The van der Waals surface area contributed by atoms with E-state index >= 15 is 0 Å². The Morgan fingerprint density at radius 1 is 1.30 bits per heavy atom. The highest BCUT2D eigenvalue weighted by Crippen LogP contribution is 2.22. The van der Waals surface area contributed by atoms with Crippen molar-refractivity contribution in [1.29, 1.82) is 0 Å². The van der Waals surface area contributed by atoms with Crippen LogP contribution < -0.4 is 0 Å². The lowest BCUT2D eigenvalue weighted by Gasteiger charge is -2.39. The average Bonchev–Trinajstić information content (AvgIpc) is 2.91. The lowest BCUT2D eigenvalue weighted by molar-refractivity contribution is 0.0153. The molecule has 0 amide bonds. The molecule has 0 aliphatic carbocycles. The van der Waals surface area contributed by atoms with Gasteiger partial charge in [-0.25, -0.2) is 0 Å². The van der Waals surface area contributed by atoms with Gasteiger partial charge in [-0.15, -0.1) is 6.58 Å². The zero-order valence-corrected chi connectivity index (χ0v) is 14.4. The number of aromatic nitrogens is 2. The van der Waals surface area contributed by atoms with Crippen molar-refractivity contribution in [3.05, 3.63) is 30.1 Å². The number of ether oxygens (including phenoxy) is 1. The fourth-order valence-corrected chi connectivity index (χ4v) is 3.72. The number of likely N-dealkylation sites (tertiary alicyclic amines) is 1. The molecule has 0 unspecified atom stereocenters. The summed E-state index contributed by atoms with van der Waals surface area (Å²) in [6.45, 7) is 14.1. The van der Waals surface area contributed by atoms with Crippen molar-refractivity contribution in [1.82, 2.24) is 19.6 Å². The van der Waals surface area contributed by atoms with E-state index in [1.165, 1.54) is 43.6 Å². The predicted octanol–water partition coefficient (Wildman–Crippen LogP) is 2.06. The second kappa shape index (κ2) is 8.08. The minimum Gasteiger partial charge on any atom is -0.379 e. The van der Waals surface area contributed by atoms with Gasteiger partial charge in [0.15, 0.2) is 0 Å². The summed E-state index contributed by atoms with van der Waals surface area (Å²) in [4.78, 5) is 5.24. The van der Waals surface area contributed by atoms with Crippen molar-refractivity contribution < 1.29 is 4.74 Å². The first kappa shape index (κ1) is 16.7. The van der Waals surface area contributed by atoms with Crippen LogP contribution in [0.25, 0.3) is 0 Å². The molecule has 0 spiro atoms. The normalized spacial score (nSPS) is 24.0. The Balaban J connectivity index is 1.62. The lowest BCUT2D eigenvalue weighted by Crippen LogP contribution is -2.49. The van der Waals surface area contributed by atoms with Gasteiger partial charge in [0.05, 0.1) is 26.0 Å². The summed E-state index contributed by atoms with van der Waals surface area (Å²) in [5.74, 6) is 0. The fourth-order valence-electron chi connectivity index (χ4n) is 3.72. The van der Waals surface area contributed by atoms with Crippen LogP contribution in [-0.2, 0) is 17.8 Å². The van der Waals surface area contributed by atoms with Gasteiger partial charge in [-0.05, 0) is 26.3 Å². The second-order valence-corrected chi connectivity index (χ2v) is 6.76. The maximum Gasteiger partial charge on any atom is 0.0594 e.